The van der Waals surface area contributed by atoms with E-state index in [1.54, 1.807) is 0 Å². The molecule has 0 aromatic heterocycles. The average molecular weight is 344 g/mol. The Bertz CT molecular complexity index is 893. The van der Waals surface area contributed by atoms with Crippen LogP contribution in [0.3, 0.4) is 0 Å². The van der Waals surface area contributed by atoms with E-state index < -0.39 is 11.3 Å². The lowest BCUT2D eigenvalue weighted by Gasteiger charge is -2.43. The van der Waals surface area contributed by atoms with Crippen molar-refractivity contribution in [2.45, 2.75) is 32.1 Å². The molecule has 5 nitrogen and oxygen atoms in total. The standard InChI is InChI=1S/C21H20N4O/c1-2-26-18-10-6-5-9-16(18)19-15-8-4-3-7-14(15)17(11-22)20(25)21(19,12-23)13-24/h5-7,9-10,15,19H,2-4,8,25H2,1H3/t15-,19-/m1/s1. The second-order valence-corrected chi connectivity index (χ2v) is 6.58. The van der Waals surface area contributed by atoms with Gasteiger partial charge in [0, 0.05) is 11.5 Å². The van der Waals surface area contributed by atoms with Gasteiger partial charge in [-0.2, -0.15) is 15.8 Å². The first-order chi connectivity index (χ1) is 12.6. The van der Waals surface area contributed by atoms with Crippen LogP contribution < -0.4 is 10.5 Å². The van der Waals surface area contributed by atoms with Crippen LogP contribution in [0.4, 0.5) is 0 Å². The number of nitrogens with zero attached hydrogens (tertiary/aromatic N) is 3. The molecule has 0 aliphatic heterocycles. The van der Waals surface area contributed by atoms with E-state index in [0.717, 1.165) is 30.4 Å². The molecule has 0 spiro atoms. The number of benzene rings is 1. The largest absolute Gasteiger partial charge is 0.494 e. The average Bonchev–Trinajstić information content (AvgIpc) is 2.68. The predicted molar refractivity (Wildman–Crippen MR) is 96.3 cm³/mol. The number of allylic oxidation sites excluding steroid dienone is 4. The first kappa shape index (κ1) is 17.6. The van der Waals surface area contributed by atoms with Gasteiger partial charge in [-0.25, -0.2) is 0 Å². The van der Waals surface area contributed by atoms with Crippen LogP contribution in [0.5, 0.6) is 5.75 Å². The fraction of sp³-hybridized carbons (Fsp3) is 0.381. The molecule has 1 aromatic rings. The molecule has 0 heterocycles. The number of rotatable bonds is 3. The highest BCUT2D eigenvalue weighted by atomic mass is 16.5. The lowest BCUT2D eigenvalue weighted by molar-refractivity contribution is 0.291. The van der Waals surface area contributed by atoms with E-state index in [2.05, 4.69) is 18.2 Å². The molecular formula is C21H20N4O. The number of nitriles is 3. The van der Waals surface area contributed by atoms with E-state index in [1.165, 1.54) is 0 Å². The van der Waals surface area contributed by atoms with Crippen molar-refractivity contribution >= 4 is 0 Å². The maximum absolute atomic E-state index is 10.0. The minimum atomic E-state index is -1.59. The summed E-state index contributed by atoms with van der Waals surface area (Å²) in [5, 5.41) is 29.7. The van der Waals surface area contributed by atoms with Crippen LogP contribution in [0.15, 0.2) is 47.2 Å². The molecule has 0 saturated carbocycles. The molecule has 5 heteroatoms. The summed E-state index contributed by atoms with van der Waals surface area (Å²) in [4.78, 5) is 0. The quantitative estimate of drug-likeness (QED) is 0.900. The Hall–Kier alpha value is -3.23. The molecule has 0 fully saturated rings. The Morgan fingerprint density at radius 1 is 1.23 bits per heavy atom. The second kappa shape index (κ2) is 6.95. The van der Waals surface area contributed by atoms with Crippen molar-refractivity contribution in [2.75, 3.05) is 6.61 Å². The van der Waals surface area contributed by atoms with Crippen LogP contribution in [-0.4, -0.2) is 6.61 Å². The Kier molecular flexibility index (Phi) is 4.70. The van der Waals surface area contributed by atoms with Gasteiger partial charge < -0.3 is 10.5 Å². The zero-order chi connectivity index (χ0) is 18.7. The van der Waals surface area contributed by atoms with Crippen LogP contribution in [0, 0.1) is 45.3 Å². The Morgan fingerprint density at radius 2 is 1.96 bits per heavy atom. The maximum atomic E-state index is 10.0. The predicted octanol–water partition coefficient (Wildman–Crippen LogP) is 3.68. The molecule has 1 aromatic carbocycles. The SMILES string of the molecule is CCOc1ccccc1[C@H]1[C@@H]2CCCC=C2C(C#N)=C(N)C1(C#N)C#N. The van der Waals surface area contributed by atoms with Gasteiger partial charge in [-0.3, -0.25) is 0 Å². The van der Waals surface area contributed by atoms with Crippen LogP contribution in [0.25, 0.3) is 0 Å². The molecule has 2 N–H and O–H groups in total. The molecule has 0 saturated heterocycles. The highest BCUT2D eigenvalue weighted by molar-refractivity contribution is 5.60. The lowest BCUT2D eigenvalue weighted by Crippen LogP contribution is -2.42. The van der Waals surface area contributed by atoms with E-state index in [4.69, 9.17) is 10.5 Å². The van der Waals surface area contributed by atoms with Gasteiger partial charge in [0.15, 0.2) is 5.41 Å². The summed E-state index contributed by atoms with van der Waals surface area (Å²) in [5.41, 5.74) is 6.72. The molecule has 0 radical (unpaired) electrons. The highest BCUT2D eigenvalue weighted by Crippen LogP contribution is 2.57. The Morgan fingerprint density at radius 3 is 2.62 bits per heavy atom. The fourth-order valence-corrected chi connectivity index (χ4v) is 4.24. The molecule has 2 aliphatic rings. The summed E-state index contributed by atoms with van der Waals surface area (Å²) in [5.74, 6) is 0.0866. The molecule has 2 atom stereocenters. The summed E-state index contributed by atoms with van der Waals surface area (Å²) in [7, 11) is 0. The van der Waals surface area contributed by atoms with Gasteiger partial charge in [-0.15, -0.1) is 0 Å². The topological polar surface area (TPSA) is 107 Å². The molecule has 26 heavy (non-hydrogen) atoms. The number of fused-ring (bicyclic) bond motifs is 1. The van der Waals surface area contributed by atoms with Gasteiger partial charge in [-0.1, -0.05) is 24.3 Å². The molecule has 0 bridgehead atoms. The molecule has 0 unspecified atom stereocenters. The minimum Gasteiger partial charge on any atom is -0.494 e. The molecule has 130 valence electrons. The van der Waals surface area contributed by atoms with Crippen LogP contribution >= 0.6 is 0 Å². The molecule has 3 rings (SSSR count). The normalized spacial score (nSPS) is 23.7. The van der Waals surface area contributed by atoms with Crippen molar-refractivity contribution in [1.29, 1.82) is 15.8 Å². The van der Waals surface area contributed by atoms with Gasteiger partial charge in [0.05, 0.1) is 30.0 Å². The van der Waals surface area contributed by atoms with E-state index in [-0.39, 0.29) is 11.6 Å². The molecule has 2 aliphatic carbocycles. The smallest absolute Gasteiger partial charge is 0.191 e. The van der Waals surface area contributed by atoms with Gasteiger partial charge in [-0.05, 0) is 43.7 Å². The third kappa shape index (κ3) is 2.43. The summed E-state index contributed by atoms with van der Waals surface area (Å²) in [6.07, 6.45) is 4.66. The lowest BCUT2D eigenvalue weighted by atomic mass is 9.56. The first-order valence-corrected chi connectivity index (χ1v) is 8.79. The van der Waals surface area contributed by atoms with Crippen LogP contribution in [0.1, 0.15) is 37.7 Å². The van der Waals surface area contributed by atoms with Gasteiger partial charge in [0.25, 0.3) is 0 Å². The van der Waals surface area contributed by atoms with Crippen molar-refractivity contribution in [3.63, 3.8) is 0 Å². The fourth-order valence-electron chi connectivity index (χ4n) is 4.24. The zero-order valence-corrected chi connectivity index (χ0v) is 14.7. The van der Waals surface area contributed by atoms with Gasteiger partial charge >= 0.3 is 0 Å². The van der Waals surface area contributed by atoms with Gasteiger partial charge in [0.2, 0.25) is 0 Å². The Labute approximate surface area is 153 Å². The first-order valence-electron chi connectivity index (χ1n) is 8.79. The highest BCUT2D eigenvalue weighted by Gasteiger charge is 2.54. The van der Waals surface area contributed by atoms with Crippen LogP contribution in [0.2, 0.25) is 0 Å². The monoisotopic (exact) mass is 344 g/mol. The van der Waals surface area contributed by atoms with E-state index >= 15 is 0 Å². The third-order valence-electron chi connectivity index (χ3n) is 5.35. The van der Waals surface area contributed by atoms with Crippen molar-refractivity contribution < 1.29 is 4.74 Å². The minimum absolute atomic E-state index is 0.0608. The number of hydrogen-bond donors (Lipinski definition) is 1. The van der Waals surface area contributed by atoms with E-state index in [0.29, 0.717) is 17.9 Å². The Balaban J connectivity index is 2.33. The molecule has 0 amide bonds. The van der Waals surface area contributed by atoms with Crippen molar-refractivity contribution in [3.05, 3.63) is 52.7 Å². The number of hydrogen-bond acceptors (Lipinski definition) is 5. The third-order valence-corrected chi connectivity index (χ3v) is 5.35. The maximum Gasteiger partial charge on any atom is 0.191 e. The number of para-hydroxylation sites is 1. The summed E-state index contributed by atoms with van der Waals surface area (Å²) in [6.45, 7) is 2.38. The van der Waals surface area contributed by atoms with Crippen molar-refractivity contribution in [3.8, 4) is 24.0 Å². The summed E-state index contributed by atoms with van der Waals surface area (Å²) < 4.78 is 5.78. The summed E-state index contributed by atoms with van der Waals surface area (Å²) >= 11 is 0. The molecular weight excluding hydrogens is 324 g/mol. The summed E-state index contributed by atoms with van der Waals surface area (Å²) in [6, 6.07) is 13.9. The van der Waals surface area contributed by atoms with E-state index in [9.17, 15) is 15.8 Å². The number of ether oxygens (including phenoxy) is 1. The van der Waals surface area contributed by atoms with Crippen molar-refractivity contribution in [1.82, 2.24) is 0 Å². The number of nitrogens with two attached hydrogens (primary N) is 1. The van der Waals surface area contributed by atoms with Gasteiger partial charge in [0.1, 0.15) is 11.8 Å². The second-order valence-electron chi connectivity index (χ2n) is 6.58. The van der Waals surface area contributed by atoms with Crippen molar-refractivity contribution in [2.24, 2.45) is 17.1 Å². The van der Waals surface area contributed by atoms with Crippen LogP contribution in [-0.2, 0) is 0 Å². The zero-order valence-electron chi connectivity index (χ0n) is 14.7. The van der Waals surface area contributed by atoms with E-state index in [1.807, 2.05) is 37.3 Å².